The summed E-state index contributed by atoms with van der Waals surface area (Å²) in [6.45, 7) is -0.780. The van der Waals surface area contributed by atoms with Crippen LogP contribution in [0.3, 0.4) is 0 Å². The lowest BCUT2D eigenvalue weighted by Crippen LogP contribution is -2.55. The highest BCUT2D eigenvalue weighted by Gasteiger charge is 2.35. The largest absolute Gasteiger partial charge is 0.495 e. The van der Waals surface area contributed by atoms with Crippen molar-refractivity contribution in [2.45, 2.75) is 57.2 Å². The summed E-state index contributed by atoms with van der Waals surface area (Å²) < 4.78 is 32.4. The number of hydrogen-bond donors (Lipinski definition) is 1. The highest BCUT2D eigenvalue weighted by molar-refractivity contribution is 7.92. The SMILES string of the molecule is COc1ccc([N+](=O)[O-])cc1N(CC(=O)N(Cc1cccc(Cl)c1)C(Cc1ccccc1)C(=O)NC1CCCCC1)S(C)(=O)=O. The molecule has 4 rings (SSSR count). The number of benzene rings is 3. The first-order chi connectivity index (χ1) is 21.5. The fraction of sp³-hybridized carbons (Fsp3) is 0.375. The van der Waals surface area contributed by atoms with E-state index in [4.69, 9.17) is 16.3 Å². The molecule has 0 spiro atoms. The topological polar surface area (TPSA) is 139 Å². The van der Waals surface area contributed by atoms with Gasteiger partial charge in [-0.15, -0.1) is 0 Å². The van der Waals surface area contributed by atoms with E-state index in [1.807, 2.05) is 30.3 Å². The molecule has 0 aromatic heterocycles. The number of anilines is 1. The van der Waals surface area contributed by atoms with Gasteiger partial charge in [-0.2, -0.15) is 0 Å². The quantitative estimate of drug-likeness (QED) is 0.199. The zero-order valence-electron chi connectivity index (χ0n) is 25.2. The third-order valence-corrected chi connectivity index (χ3v) is 9.15. The van der Waals surface area contributed by atoms with Crippen LogP contribution in [0.15, 0.2) is 72.8 Å². The predicted molar refractivity (Wildman–Crippen MR) is 173 cm³/mol. The number of nitro benzene ring substituents is 1. The van der Waals surface area contributed by atoms with Crippen LogP contribution in [-0.2, 0) is 32.6 Å². The van der Waals surface area contributed by atoms with Crippen LogP contribution in [-0.4, -0.2) is 62.0 Å². The molecule has 0 radical (unpaired) electrons. The van der Waals surface area contributed by atoms with Gasteiger partial charge in [0.15, 0.2) is 0 Å². The summed E-state index contributed by atoms with van der Waals surface area (Å²) in [5.41, 5.74) is 0.900. The summed E-state index contributed by atoms with van der Waals surface area (Å²) in [7, 11) is -2.87. The summed E-state index contributed by atoms with van der Waals surface area (Å²) in [5, 5.41) is 15.1. The molecule has 0 bridgehead atoms. The number of amides is 2. The molecular weight excluding hydrogens is 620 g/mol. The number of non-ortho nitro benzene ring substituents is 1. The van der Waals surface area contributed by atoms with Crippen molar-refractivity contribution in [3.63, 3.8) is 0 Å². The van der Waals surface area contributed by atoms with Gasteiger partial charge in [-0.1, -0.05) is 73.3 Å². The monoisotopic (exact) mass is 656 g/mol. The van der Waals surface area contributed by atoms with E-state index >= 15 is 0 Å². The molecule has 1 unspecified atom stereocenters. The number of nitro groups is 1. The van der Waals surface area contributed by atoms with E-state index in [0.29, 0.717) is 10.6 Å². The van der Waals surface area contributed by atoms with Crippen molar-refractivity contribution in [3.8, 4) is 5.75 Å². The van der Waals surface area contributed by atoms with Gasteiger partial charge in [-0.05, 0) is 42.2 Å². The van der Waals surface area contributed by atoms with Crippen molar-refractivity contribution in [1.29, 1.82) is 0 Å². The Hall–Kier alpha value is -4.16. The van der Waals surface area contributed by atoms with Crippen LogP contribution in [0.5, 0.6) is 5.75 Å². The zero-order valence-corrected chi connectivity index (χ0v) is 26.8. The third kappa shape index (κ3) is 9.18. The Labute approximate surface area is 268 Å². The minimum atomic E-state index is -4.17. The smallest absolute Gasteiger partial charge is 0.271 e. The molecule has 0 saturated heterocycles. The molecule has 2 amide bonds. The van der Waals surface area contributed by atoms with Gasteiger partial charge in [0.05, 0.1) is 18.3 Å². The molecule has 1 atom stereocenters. The molecule has 0 heterocycles. The lowest BCUT2D eigenvalue weighted by Gasteiger charge is -2.35. The Bertz CT molecular complexity index is 1610. The van der Waals surface area contributed by atoms with Crippen molar-refractivity contribution in [1.82, 2.24) is 10.2 Å². The van der Waals surface area contributed by atoms with Crippen molar-refractivity contribution >= 4 is 44.8 Å². The van der Waals surface area contributed by atoms with Crippen molar-refractivity contribution < 1.29 is 27.7 Å². The number of nitrogens with zero attached hydrogens (tertiary/aromatic N) is 3. The van der Waals surface area contributed by atoms with Crippen molar-refractivity contribution in [2.24, 2.45) is 0 Å². The lowest BCUT2D eigenvalue weighted by molar-refractivity contribution is -0.384. The highest BCUT2D eigenvalue weighted by Crippen LogP contribution is 2.34. The van der Waals surface area contributed by atoms with Gasteiger partial charge in [0.1, 0.15) is 24.0 Å². The molecule has 1 N–H and O–H groups in total. The average molecular weight is 657 g/mol. The number of sulfonamides is 1. The first-order valence-corrected chi connectivity index (χ1v) is 16.9. The predicted octanol–water partition coefficient (Wildman–Crippen LogP) is 5.11. The van der Waals surface area contributed by atoms with Crippen LogP contribution in [0, 0.1) is 10.1 Å². The number of nitrogens with one attached hydrogen (secondary N) is 1. The van der Waals surface area contributed by atoms with Gasteiger partial charge in [-0.25, -0.2) is 8.42 Å². The molecule has 3 aromatic rings. The number of halogens is 1. The highest BCUT2D eigenvalue weighted by atomic mass is 35.5. The number of carbonyl (C=O) groups is 2. The van der Waals surface area contributed by atoms with E-state index in [1.54, 1.807) is 24.3 Å². The maximum atomic E-state index is 14.3. The molecule has 3 aromatic carbocycles. The zero-order chi connectivity index (χ0) is 32.6. The molecule has 1 fully saturated rings. The standard InChI is InChI=1S/C32H37ClN4O7S/c1-44-30-17-16-27(37(40)41)20-28(30)36(45(2,42)43)22-31(38)35(21-24-12-9-13-25(33)18-24)29(19-23-10-5-3-6-11-23)32(39)34-26-14-7-4-8-15-26/h3,5-6,9-13,16-18,20,26,29H,4,7-8,14-15,19,21-22H2,1-2H3,(H,34,39). The Balaban J connectivity index is 1.78. The summed E-state index contributed by atoms with van der Waals surface area (Å²) >= 11 is 6.27. The van der Waals surface area contributed by atoms with Gasteiger partial charge in [-0.3, -0.25) is 24.0 Å². The molecule has 1 saturated carbocycles. The first kappa shape index (κ1) is 33.7. The Morgan fingerprint density at radius 3 is 2.33 bits per heavy atom. The minimum absolute atomic E-state index is 0.0242. The van der Waals surface area contributed by atoms with Gasteiger partial charge in [0.25, 0.3) is 5.69 Å². The van der Waals surface area contributed by atoms with Crippen LogP contribution in [0.25, 0.3) is 0 Å². The normalized spacial score (nSPS) is 14.3. The molecule has 13 heteroatoms. The Morgan fingerprint density at radius 1 is 1.02 bits per heavy atom. The molecule has 0 aliphatic heterocycles. The Morgan fingerprint density at radius 2 is 1.71 bits per heavy atom. The second-order valence-corrected chi connectivity index (χ2v) is 13.4. The molecule has 240 valence electrons. The Kier molecular flexibility index (Phi) is 11.4. The summed E-state index contributed by atoms with van der Waals surface area (Å²) in [6, 6.07) is 18.6. The molecule has 11 nitrogen and oxygen atoms in total. The average Bonchev–Trinajstić information content (AvgIpc) is 3.01. The van der Waals surface area contributed by atoms with Gasteiger partial charge in [0, 0.05) is 36.2 Å². The third-order valence-electron chi connectivity index (χ3n) is 7.79. The van der Waals surface area contributed by atoms with E-state index in [1.165, 1.54) is 24.1 Å². The number of methoxy groups -OCH3 is 1. The minimum Gasteiger partial charge on any atom is -0.495 e. The van der Waals surface area contributed by atoms with E-state index in [9.17, 15) is 28.1 Å². The van der Waals surface area contributed by atoms with Crippen LogP contribution in [0.1, 0.15) is 43.2 Å². The van der Waals surface area contributed by atoms with Crippen molar-refractivity contribution in [3.05, 3.63) is 99.1 Å². The van der Waals surface area contributed by atoms with Gasteiger partial charge >= 0.3 is 0 Å². The second-order valence-electron chi connectivity index (χ2n) is 11.1. The molecule has 1 aliphatic rings. The van der Waals surface area contributed by atoms with Crippen molar-refractivity contribution in [2.75, 3.05) is 24.2 Å². The number of ether oxygens (including phenoxy) is 1. The first-order valence-electron chi connectivity index (χ1n) is 14.6. The number of rotatable bonds is 13. The van der Waals surface area contributed by atoms with Gasteiger partial charge in [0.2, 0.25) is 21.8 Å². The maximum absolute atomic E-state index is 14.3. The fourth-order valence-corrected chi connectivity index (χ4v) is 6.57. The van der Waals surface area contributed by atoms with Gasteiger partial charge < -0.3 is 15.0 Å². The fourth-order valence-electron chi connectivity index (χ4n) is 5.51. The van der Waals surface area contributed by atoms with E-state index in [2.05, 4.69) is 5.32 Å². The summed E-state index contributed by atoms with van der Waals surface area (Å²) in [5.74, 6) is -1.01. The molecule has 45 heavy (non-hydrogen) atoms. The summed E-state index contributed by atoms with van der Waals surface area (Å²) in [6.07, 6.45) is 5.83. The van der Waals surface area contributed by atoms with Crippen LogP contribution in [0.4, 0.5) is 11.4 Å². The van der Waals surface area contributed by atoms with Crippen LogP contribution >= 0.6 is 11.6 Å². The van der Waals surface area contributed by atoms with Crippen LogP contribution < -0.4 is 14.4 Å². The van der Waals surface area contributed by atoms with Crippen LogP contribution in [0.2, 0.25) is 5.02 Å². The lowest BCUT2D eigenvalue weighted by atomic mass is 9.94. The molecule has 1 aliphatic carbocycles. The molecular formula is C32H37ClN4O7S. The summed E-state index contributed by atoms with van der Waals surface area (Å²) in [4.78, 5) is 40.6. The van der Waals surface area contributed by atoms with E-state index in [-0.39, 0.29) is 42.0 Å². The van der Waals surface area contributed by atoms with E-state index in [0.717, 1.165) is 54.3 Å². The van der Waals surface area contributed by atoms with E-state index < -0.39 is 33.4 Å². The number of hydrogen-bond acceptors (Lipinski definition) is 7. The maximum Gasteiger partial charge on any atom is 0.271 e. The second kappa shape index (κ2) is 15.2. The number of carbonyl (C=O) groups excluding carboxylic acids is 2.